The minimum absolute atomic E-state index is 0.353. The van der Waals surface area contributed by atoms with Gasteiger partial charge in [-0.2, -0.15) is 13.2 Å². The number of hydrogen-bond donors (Lipinski definition) is 1. The number of fused-ring (bicyclic) bond motifs is 1. The fourth-order valence-electron chi connectivity index (χ4n) is 3.31. The molecule has 0 atom stereocenters. The number of aromatic nitrogens is 2. The van der Waals surface area contributed by atoms with E-state index in [1.54, 1.807) is 0 Å². The van der Waals surface area contributed by atoms with Gasteiger partial charge in [-0.1, -0.05) is 18.2 Å². The zero-order chi connectivity index (χ0) is 19.6. The monoisotopic (exact) mass is 388 g/mol. The highest BCUT2D eigenvalue weighted by Gasteiger charge is 2.31. The molecule has 146 valence electrons. The fraction of sp³-hybridized carbons (Fsp3) is 0.300. The second-order valence-electron chi connectivity index (χ2n) is 6.53. The summed E-state index contributed by atoms with van der Waals surface area (Å²) in [5.41, 5.74) is 1.51. The Morgan fingerprint density at radius 1 is 1.04 bits per heavy atom. The number of benzene rings is 2. The molecular weight excluding hydrogens is 369 g/mol. The Kier molecular flexibility index (Phi) is 5.04. The van der Waals surface area contributed by atoms with Crippen LogP contribution in [0.25, 0.3) is 10.9 Å². The van der Waals surface area contributed by atoms with Crippen molar-refractivity contribution in [3.63, 3.8) is 0 Å². The first-order chi connectivity index (χ1) is 13.5. The molecule has 28 heavy (non-hydrogen) atoms. The van der Waals surface area contributed by atoms with Gasteiger partial charge in [0.25, 0.3) is 0 Å². The number of alkyl halides is 3. The molecule has 1 aromatic heterocycles. The molecule has 1 saturated heterocycles. The van der Waals surface area contributed by atoms with Crippen molar-refractivity contribution in [1.29, 1.82) is 0 Å². The Morgan fingerprint density at radius 3 is 2.61 bits per heavy atom. The smallest absolute Gasteiger partial charge is 0.378 e. The van der Waals surface area contributed by atoms with Gasteiger partial charge in [-0.25, -0.2) is 9.97 Å². The first kappa shape index (κ1) is 18.5. The van der Waals surface area contributed by atoms with Crippen molar-refractivity contribution in [3.05, 3.63) is 59.9 Å². The van der Waals surface area contributed by atoms with E-state index in [-0.39, 0.29) is 0 Å². The zero-order valence-electron chi connectivity index (χ0n) is 15.0. The highest BCUT2D eigenvalue weighted by Crippen LogP contribution is 2.34. The summed E-state index contributed by atoms with van der Waals surface area (Å²) in [5, 5.41) is 4.12. The molecule has 3 aromatic rings. The molecule has 8 heteroatoms. The van der Waals surface area contributed by atoms with Crippen LogP contribution in [0.1, 0.15) is 11.1 Å². The van der Waals surface area contributed by atoms with Crippen molar-refractivity contribution in [2.45, 2.75) is 12.7 Å². The van der Waals surface area contributed by atoms with Gasteiger partial charge in [-0.15, -0.1) is 0 Å². The van der Waals surface area contributed by atoms with E-state index in [0.29, 0.717) is 44.4 Å². The molecular formula is C20H19F3N4O. The first-order valence-electron chi connectivity index (χ1n) is 8.99. The van der Waals surface area contributed by atoms with E-state index in [2.05, 4.69) is 15.3 Å². The lowest BCUT2D eigenvalue weighted by Gasteiger charge is -2.31. The van der Waals surface area contributed by atoms with Crippen LogP contribution in [0.3, 0.4) is 0 Å². The minimum Gasteiger partial charge on any atom is -0.378 e. The topological polar surface area (TPSA) is 50.3 Å². The molecule has 2 heterocycles. The van der Waals surface area contributed by atoms with Gasteiger partial charge in [-0.05, 0) is 29.8 Å². The quantitative estimate of drug-likeness (QED) is 0.729. The van der Waals surface area contributed by atoms with Crippen molar-refractivity contribution in [1.82, 2.24) is 9.97 Å². The van der Waals surface area contributed by atoms with E-state index in [1.165, 1.54) is 18.5 Å². The molecule has 1 fully saturated rings. The molecule has 0 spiro atoms. The largest absolute Gasteiger partial charge is 0.416 e. The van der Waals surface area contributed by atoms with Crippen molar-refractivity contribution in [2.24, 2.45) is 0 Å². The molecule has 2 aromatic carbocycles. The lowest BCUT2D eigenvalue weighted by atomic mass is 10.1. The van der Waals surface area contributed by atoms with Crippen molar-refractivity contribution < 1.29 is 17.9 Å². The Labute approximate surface area is 160 Å². The van der Waals surface area contributed by atoms with Crippen molar-refractivity contribution in [3.8, 4) is 0 Å². The average Bonchev–Trinajstić information content (AvgIpc) is 2.72. The van der Waals surface area contributed by atoms with E-state index in [0.717, 1.165) is 22.5 Å². The van der Waals surface area contributed by atoms with E-state index in [1.807, 2.05) is 29.2 Å². The summed E-state index contributed by atoms with van der Waals surface area (Å²) in [5.74, 6) is 0.651. The van der Waals surface area contributed by atoms with Gasteiger partial charge >= 0.3 is 6.18 Å². The maximum absolute atomic E-state index is 13.2. The molecule has 0 radical (unpaired) electrons. The van der Waals surface area contributed by atoms with Crippen LogP contribution in [0, 0.1) is 0 Å². The summed E-state index contributed by atoms with van der Waals surface area (Å²) < 4.78 is 45.0. The van der Waals surface area contributed by atoms with E-state index >= 15 is 0 Å². The number of nitrogens with zero attached hydrogens (tertiary/aromatic N) is 3. The lowest BCUT2D eigenvalue weighted by molar-refractivity contribution is -0.137. The third-order valence-corrected chi connectivity index (χ3v) is 4.75. The Morgan fingerprint density at radius 2 is 1.82 bits per heavy atom. The summed E-state index contributed by atoms with van der Waals surface area (Å²) in [6.45, 7) is 2.47. The Bertz CT molecular complexity index is 966. The Hall–Kier alpha value is -2.87. The standard InChI is InChI=1S/C20H19F3N4O/c21-20(22,23)15-6-5-14(18(11-15)27-7-9-28-10-8-27)12-24-19-16-3-1-2-4-17(16)25-13-26-19/h1-6,11,13H,7-10,12H2,(H,24,25,26). The molecule has 4 rings (SSSR count). The van der Waals surface area contributed by atoms with Gasteiger partial charge < -0.3 is 15.0 Å². The Balaban J connectivity index is 1.64. The van der Waals surface area contributed by atoms with E-state index in [4.69, 9.17) is 4.74 Å². The summed E-state index contributed by atoms with van der Waals surface area (Å²) in [6.07, 6.45) is -2.91. The number of ether oxygens (including phenoxy) is 1. The van der Waals surface area contributed by atoms with Gasteiger partial charge in [0.15, 0.2) is 0 Å². The van der Waals surface area contributed by atoms with Crippen LogP contribution in [-0.4, -0.2) is 36.3 Å². The minimum atomic E-state index is -4.38. The molecule has 0 unspecified atom stereocenters. The van der Waals surface area contributed by atoms with Crippen LogP contribution in [0.2, 0.25) is 0 Å². The second kappa shape index (κ2) is 7.63. The van der Waals surface area contributed by atoms with Crippen LogP contribution in [0.5, 0.6) is 0 Å². The van der Waals surface area contributed by atoms with Crippen LogP contribution in [0.4, 0.5) is 24.7 Å². The molecule has 0 saturated carbocycles. The van der Waals surface area contributed by atoms with Crippen LogP contribution in [-0.2, 0) is 17.5 Å². The number of anilines is 2. The third-order valence-electron chi connectivity index (χ3n) is 4.75. The predicted molar refractivity (Wildman–Crippen MR) is 101 cm³/mol. The normalized spacial score (nSPS) is 15.0. The van der Waals surface area contributed by atoms with Crippen LogP contribution >= 0.6 is 0 Å². The van der Waals surface area contributed by atoms with Gasteiger partial charge in [0.2, 0.25) is 0 Å². The van der Waals surface area contributed by atoms with Gasteiger partial charge in [0.05, 0.1) is 24.3 Å². The second-order valence-corrected chi connectivity index (χ2v) is 6.53. The number of para-hydroxylation sites is 1. The summed E-state index contributed by atoms with van der Waals surface area (Å²) in [4.78, 5) is 10.5. The van der Waals surface area contributed by atoms with E-state index in [9.17, 15) is 13.2 Å². The predicted octanol–water partition coefficient (Wildman–Crippen LogP) is 4.10. The van der Waals surface area contributed by atoms with Crippen molar-refractivity contribution in [2.75, 3.05) is 36.5 Å². The summed E-state index contributed by atoms with van der Waals surface area (Å²) >= 11 is 0. The average molecular weight is 388 g/mol. The fourth-order valence-corrected chi connectivity index (χ4v) is 3.31. The molecule has 1 aliphatic rings. The zero-order valence-corrected chi connectivity index (χ0v) is 15.0. The van der Waals surface area contributed by atoms with Gasteiger partial charge in [0.1, 0.15) is 12.1 Å². The summed E-state index contributed by atoms with van der Waals surface area (Å²) in [7, 11) is 0. The van der Waals surface area contributed by atoms with Crippen LogP contribution in [0.15, 0.2) is 48.8 Å². The van der Waals surface area contributed by atoms with Crippen LogP contribution < -0.4 is 10.2 Å². The molecule has 0 aliphatic carbocycles. The molecule has 0 amide bonds. The number of hydrogen-bond acceptors (Lipinski definition) is 5. The highest BCUT2D eigenvalue weighted by atomic mass is 19.4. The first-order valence-corrected chi connectivity index (χ1v) is 8.99. The molecule has 1 aliphatic heterocycles. The van der Waals surface area contributed by atoms with Crippen molar-refractivity contribution >= 4 is 22.4 Å². The van der Waals surface area contributed by atoms with Gasteiger partial charge in [-0.3, -0.25) is 0 Å². The maximum atomic E-state index is 13.2. The molecule has 1 N–H and O–H groups in total. The molecule has 0 bridgehead atoms. The molecule has 5 nitrogen and oxygen atoms in total. The highest BCUT2D eigenvalue weighted by molar-refractivity contribution is 5.88. The van der Waals surface area contributed by atoms with Gasteiger partial charge in [0, 0.05) is 30.7 Å². The maximum Gasteiger partial charge on any atom is 0.416 e. The number of rotatable bonds is 4. The summed E-state index contributed by atoms with van der Waals surface area (Å²) in [6, 6.07) is 11.5. The lowest BCUT2D eigenvalue weighted by Crippen LogP contribution is -2.37. The third kappa shape index (κ3) is 3.87. The number of nitrogens with one attached hydrogen (secondary N) is 1. The SMILES string of the molecule is FC(F)(F)c1ccc(CNc2ncnc3ccccc23)c(N2CCOCC2)c1. The number of halogens is 3. The number of morpholine rings is 1. The van der Waals surface area contributed by atoms with E-state index < -0.39 is 11.7 Å².